The van der Waals surface area contributed by atoms with Crippen LogP contribution < -0.4 is 10.1 Å². The van der Waals surface area contributed by atoms with E-state index in [4.69, 9.17) is 4.74 Å². The maximum absolute atomic E-state index is 5.58. The molecule has 0 aliphatic rings. The number of nitrogens with one attached hydrogen (secondary N) is 1. The molecular formula is C20H28N2O. The van der Waals surface area contributed by atoms with E-state index in [0.29, 0.717) is 0 Å². The summed E-state index contributed by atoms with van der Waals surface area (Å²) in [4.78, 5) is 2.40. The van der Waals surface area contributed by atoms with Crippen molar-refractivity contribution in [1.82, 2.24) is 10.2 Å². The van der Waals surface area contributed by atoms with Gasteiger partial charge in [-0.15, -0.1) is 0 Å². The smallest absolute Gasteiger partial charge is 0.123 e. The summed E-state index contributed by atoms with van der Waals surface area (Å²) >= 11 is 0. The molecule has 2 rings (SSSR count). The van der Waals surface area contributed by atoms with Gasteiger partial charge in [0.25, 0.3) is 0 Å². The van der Waals surface area contributed by atoms with Gasteiger partial charge in [0.1, 0.15) is 5.75 Å². The Labute approximate surface area is 140 Å². The van der Waals surface area contributed by atoms with E-state index in [1.54, 1.807) is 7.11 Å². The van der Waals surface area contributed by atoms with Gasteiger partial charge in [0.15, 0.2) is 0 Å². The standard InChI is InChI=1S/C20H28N2O/c1-4-22(5-2)16-18-11-12-19(20(13-18)23-3)15-21-14-17-9-7-6-8-10-17/h6-13,21H,4-5,14-16H2,1-3H3. The second-order valence-electron chi connectivity index (χ2n) is 5.70. The lowest BCUT2D eigenvalue weighted by molar-refractivity contribution is 0.295. The maximum atomic E-state index is 5.58. The Morgan fingerprint density at radius 3 is 2.30 bits per heavy atom. The summed E-state index contributed by atoms with van der Waals surface area (Å²) in [7, 11) is 1.75. The summed E-state index contributed by atoms with van der Waals surface area (Å²) in [5.74, 6) is 0.968. The van der Waals surface area contributed by atoms with Crippen molar-refractivity contribution in [3.8, 4) is 5.75 Å². The van der Waals surface area contributed by atoms with Crippen LogP contribution in [0.1, 0.15) is 30.5 Å². The molecule has 0 saturated carbocycles. The van der Waals surface area contributed by atoms with Crippen LogP contribution in [0.25, 0.3) is 0 Å². The van der Waals surface area contributed by atoms with Crippen molar-refractivity contribution < 1.29 is 4.74 Å². The first-order valence-electron chi connectivity index (χ1n) is 8.39. The predicted octanol–water partition coefficient (Wildman–Crippen LogP) is 3.83. The molecule has 0 aromatic heterocycles. The van der Waals surface area contributed by atoms with E-state index in [1.807, 2.05) is 6.07 Å². The quantitative estimate of drug-likeness (QED) is 0.761. The Morgan fingerprint density at radius 2 is 1.65 bits per heavy atom. The van der Waals surface area contributed by atoms with E-state index in [2.05, 4.69) is 66.5 Å². The van der Waals surface area contributed by atoms with Crippen LogP contribution in [0.5, 0.6) is 5.75 Å². The molecule has 1 N–H and O–H groups in total. The van der Waals surface area contributed by atoms with Crippen LogP contribution in [-0.4, -0.2) is 25.1 Å². The monoisotopic (exact) mass is 312 g/mol. The lowest BCUT2D eigenvalue weighted by Crippen LogP contribution is -2.22. The minimum absolute atomic E-state index is 0.809. The van der Waals surface area contributed by atoms with Gasteiger partial charge in [-0.3, -0.25) is 4.90 Å². The average molecular weight is 312 g/mol. The van der Waals surface area contributed by atoms with E-state index in [9.17, 15) is 0 Å². The Kier molecular flexibility index (Phi) is 7.11. The topological polar surface area (TPSA) is 24.5 Å². The Hall–Kier alpha value is -1.84. The minimum atomic E-state index is 0.809. The summed E-state index contributed by atoms with van der Waals surface area (Å²) in [6, 6.07) is 17.0. The minimum Gasteiger partial charge on any atom is -0.496 e. The molecule has 124 valence electrons. The number of hydrogen-bond donors (Lipinski definition) is 1. The average Bonchev–Trinajstić information content (AvgIpc) is 2.61. The highest BCUT2D eigenvalue weighted by molar-refractivity contribution is 5.37. The SMILES string of the molecule is CCN(CC)Cc1ccc(CNCc2ccccc2)c(OC)c1. The summed E-state index contributed by atoms with van der Waals surface area (Å²) in [6.45, 7) is 9.18. The highest BCUT2D eigenvalue weighted by atomic mass is 16.5. The lowest BCUT2D eigenvalue weighted by atomic mass is 10.1. The van der Waals surface area contributed by atoms with Crippen molar-refractivity contribution in [2.45, 2.75) is 33.5 Å². The van der Waals surface area contributed by atoms with E-state index in [1.165, 1.54) is 16.7 Å². The molecule has 2 aromatic carbocycles. The number of methoxy groups -OCH3 is 1. The zero-order valence-corrected chi connectivity index (χ0v) is 14.5. The third kappa shape index (κ3) is 5.38. The third-order valence-corrected chi connectivity index (χ3v) is 4.14. The Bertz CT molecular complexity index is 579. The molecule has 0 aliphatic heterocycles. The molecule has 0 bridgehead atoms. The zero-order valence-electron chi connectivity index (χ0n) is 14.5. The Morgan fingerprint density at radius 1 is 0.913 bits per heavy atom. The largest absolute Gasteiger partial charge is 0.496 e. The molecule has 0 unspecified atom stereocenters. The fourth-order valence-electron chi connectivity index (χ4n) is 2.68. The number of rotatable bonds is 9. The van der Waals surface area contributed by atoms with Gasteiger partial charge in [0.2, 0.25) is 0 Å². The third-order valence-electron chi connectivity index (χ3n) is 4.14. The lowest BCUT2D eigenvalue weighted by Gasteiger charge is -2.19. The molecule has 0 aliphatic carbocycles. The number of hydrogen-bond acceptors (Lipinski definition) is 3. The normalized spacial score (nSPS) is 11.0. The molecular weight excluding hydrogens is 284 g/mol. The Balaban J connectivity index is 1.96. The number of benzene rings is 2. The highest BCUT2D eigenvalue weighted by Crippen LogP contribution is 2.21. The van der Waals surface area contributed by atoms with Crippen molar-refractivity contribution >= 4 is 0 Å². The molecule has 2 aromatic rings. The highest BCUT2D eigenvalue weighted by Gasteiger charge is 2.07. The first-order valence-corrected chi connectivity index (χ1v) is 8.39. The van der Waals surface area contributed by atoms with Gasteiger partial charge in [0.05, 0.1) is 7.11 Å². The molecule has 0 saturated heterocycles. The summed E-state index contributed by atoms with van der Waals surface area (Å²) in [5.41, 5.74) is 3.80. The van der Waals surface area contributed by atoms with Crippen LogP contribution in [-0.2, 0) is 19.6 Å². The van der Waals surface area contributed by atoms with Crippen molar-refractivity contribution in [3.63, 3.8) is 0 Å². The first-order chi connectivity index (χ1) is 11.3. The molecule has 0 heterocycles. The van der Waals surface area contributed by atoms with Crippen LogP contribution >= 0.6 is 0 Å². The van der Waals surface area contributed by atoms with Crippen LogP contribution in [0.15, 0.2) is 48.5 Å². The number of ether oxygens (including phenoxy) is 1. The van der Waals surface area contributed by atoms with E-state index >= 15 is 0 Å². The van der Waals surface area contributed by atoms with Crippen molar-refractivity contribution in [1.29, 1.82) is 0 Å². The van der Waals surface area contributed by atoms with E-state index in [-0.39, 0.29) is 0 Å². The van der Waals surface area contributed by atoms with Crippen molar-refractivity contribution in [3.05, 3.63) is 65.2 Å². The molecule has 3 nitrogen and oxygen atoms in total. The van der Waals surface area contributed by atoms with Crippen LogP contribution in [0.3, 0.4) is 0 Å². The predicted molar refractivity (Wildman–Crippen MR) is 96.6 cm³/mol. The van der Waals surface area contributed by atoms with Gasteiger partial charge in [-0.25, -0.2) is 0 Å². The first kappa shape index (κ1) is 17.5. The van der Waals surface area contributed by atoms with Crippen LogP contribution in [0.4, 0.5) is 0 Å². The second kappa shape index (κ2) is 9.33. The van der Waals surface area contributed by atoms with Crippen molar-refractivity contribution in [2.75, 3.05) is 20.2 Å². The molecule has 0 fully saturated rings. The molecule has 0 atom stereocenters. The zero-order chi connectivity index (χ0) is 16.5. The van der Waals surface area contributed by atoms with Gasteiger partial charge >= 0.3 is 0 Å². The molecule has 3 heteroatoms. The van der Waals surface area contributed by atoms with Gasteiger partial charge in [-0.05, 0) is 30.3 Å². The van der Waals surface area contributed by atoms with Crippen molar-refractivity contribution in [2.24, 2.45) is 0 Å². The fraction of sp³-hybridized carbons (Fsp3) is 0.400. The van der Waals surface area contributed by atoms with E-state index < -0.39 is 0 Å². The van der Waals surface area contributed by atoms with E-state index in [0.717, 1.165) is 38.5 Å². The summed E-state index contributed by atoms with van der Waals surface area (Å²) in [6.07, 6.45) is 0. The molecule has 0 radical (unpaired) electrons. The second-order valence-corrected chi connectivity index (χ2v) is 5.70. The molecule has 0 amide bonds. The van der Waals surface area contributed by atoms with Gasteiger partial charge in [0, 0.05) is 25.2 Å². The fourth-order valence-corrected chi connectivity index (χ4v) is 2.68. The van der Waals surface area contributed by atoms with Gasteiger partial charge < -0.3 is 10.1 Å². The van der Waals surface area contributed by atoms with Gasteiger partial charge in [-0.1, -0.05) is 56.3 Å². The van der Waals surface area contributed by atoms with Crippen LogP contribution in [0, 0.1) is 0 Å². The molecule has 0 spiro atoms. The van der Waals surface area contributed by atoms with Crippen LogP contribution in [0.2, 0.25) is 0 Å². The summed E-state index contributed by atoms with van der Waals surface area (Å²) in [5, 5.41) is 3.48. The molecule has 23 heavy (non-hydrogen) atoms. The maximum Gasteiger partial charge on any atom is 0.123 e. The number of nitrogens with zero attached hydrogens (tertiary/aromatic N) is 1. The summed E-state index contributed by atoms with van der Waals surface area (Å²) < 4.78 is 5.58. The van der Waals surface area contributed by atoms with Gasteiger partial charge in [-0.2, -0.15) is 0 Å².